The zero-order valence-corrected chi connectivity index (χ0v) is 14.6. The first-order chi connectivity index (χ1) is 12.2. The van der Waals surface area contributed by atoms with Gasteiger partial charge in [-0.05, 0) is 32.6 Å². The fourth-order valence-corrected chi connectivity index (χ4v) is 4.15. The molecule has 2 fully saturated rings. The molecule has 132 valence electrons. The van der Waals surface area contributed by atoms with Crippen molar-refractivity contribution in [3.05, 3.63) is 42.0 Å². The molecule has 2 aliphatic heterocycles. The number of amides is 1. The van der Waals surface area contributed by atoms with Crippen molar-refractivity contribution in [2.45, 2.75) is 44.7 Å². The summed E-state index contributed by atoms with van der Waals surface area (Å²) in [5.74, 6) is 0.177. The van der Waals surface area contributed by atoms with Crippen LogP contribution in [-0.2, 0) is 16.9 Å². The van der Waals surface area contributed by atoms with Gasteiger partial charge in [0.1, 0.15) is 5.54 Å². The number of nitrogens with zero attached hydrogens (tertiary/aromatic N) is 5. The Morgan fingerprint density at radius 2 is 2.04 bits per heavy atom. The minimum absolute atomic E-state index is 0.177. The molecule has 1 amide bonds. The van der Waals surface area contributed by atoms with Gasteiger partial charge in [0.15, 0.2) is 0 Å². The number of hydrogen-bond acceptors (Lipinski definition) is 5. The molecule has 4 heterocycles. The average molecular weight is 340 g/mol. The van der Waals surface area contributed by atoms with Crippen LogP contribution < -0.4 is 0 Å². The molecule has 0 aliphatic carbocycles. The van der Waals surface area contributed by atoms with Gasteiger partial charge in [-0.3, -0.25) is 19.7 Å². The normalized spacial score (nSPS) is 24.1. The van der Waals surface area contributed by atoms with Gasteiger partial charge in [0.25, 0.3) is 0 Å². The molecule has 2 aliphatic rings. The third kappa shape index (κ3) is 2.72. The van der Waals surface area contributed by atoms with Crippen molar-refractivity contribution >= 4 is 5.91 Å². The van der Waals surface area contributed by atoms with Crippen LogP contribution in [0.15, 0.2) is 24.9 Å². The molecule has 1 unspecified atom stereocenters. The highest BCUT2D eigenvalue weighted by molar-refractivity contribution is 5.87. The molecule has 1 atom stereocenters. The maximum absolute atomic E-state index is 13.6. The molecule has 0 saturated carbocycles. The highest BCUT2D eigenvalue weighted by atomic mass is 16.2. The standard InChI is InChI=1S/C18H24N6O/c1-14-15(22-13-21-14)12-24-10-4-5-18(24,16-11-19-6-7-20-16)17(25)23-8-2-3-9-23/h6-7,11,13H,2-5,8-10,12H2,1H3,(H,21,22). The summed E-state index contributed by atoms with van der Waals surface area (Å²) in [5.41, 5.74) is 2.08. The number of aryl methyl sites for hydroxylation is 1. The zero-order valence-electron chi connectivity index (χ0n) is 14.6. The number of carbonyl (C=O) groups excluding carboxylic acids is 1. The average Bonchev–Trinajstić information content (AvgIpc) is 3.38. The predicted molar refractivity (Wildman–Crippen MR) is 92.5 cm³/mol. The van der Waals surface area contributed by atoms with Gasteiger partial charge < -0.3 is 9.88 Å². The molecule has 2 saturated heterocycles. The third-order valence-electron chi connectivity index (χ3n) is 5.52. The summed E-state index contributed by atoms with van der Waals surface area (Å²) in [4.78, 5) is 34.2. The SMILES string of the molecule is Cc1[nH]cnc1CN1CCCC1(C(=O)N1CCCC1)c1cnccn1. The van der Waals surface area contributed by atoms with E-state index >= 15 is 0 Å². The monoisotopic (exact) mass is 340 g/mol. The second-order valence-corrected chi connectivity index (χ2v) is 6.95. The third-order valence-corrected chi connectivity index (χ3v) is 5.52. The van der Waals surface area contributed by atoms with Crippen LogP contribution >= 0.6 is 0 Å². The van der Waals surface area contributed by atoms with E-state index in [1.807, 2.05) is 11.8 Å². The smallest absolute Gasteiger partial charge is 0.249 e. The predicted octanol–water partition coefficient (Wildman–Crippen LogP) is 1.62. The van der Waals surface area contributed by atoms with Gasteiger partial charge in [-0.25, -0.2) is 4.98 Å². The second-order valence-electron chi connectivity index (χ2n) is 6.95. The van der Waals surface area contributed by atoms with Crippen molar-refractivity contribution in [1.29, 1.82) is 0 Å². The molecule has 4 rings (SSSR count). The van der Waals surface area contributed by atoms with Crippen LogP contribution in [0.5, 0.6) is 0 Å². The van der Waals surface area contributed by atoms with Crippen LogP contribution in [0, 0.1) is 6.92 Å². The van der Waals surface area contributed by atoms with E-state index in [9.17, 15) is 4.79 Å². The van der Waals surface area contributed by atoms with E-state index in [1.165, 1.54) is 0 Å². The van der Waals surface area contributed by atoms with Gasteiger partial charge in [0, 0.05) is 44.3 Å². The summed E-state index contributed by atoms with van der Waals surface area (Å²) in [7, 11) is 0. The molecule has 2 aromatic rings. The minimum Gasteiger partial charge on any atom is -0.348 e. The van der Waals surface area contributed by atoms with E-state index in [4.69, 9.17) is 0 Å². The Kier molecular flexibility index (Phi) is 4.25. The number of imidazole rings is 1. The lowest BCUT2D eigenvalue weighted by Gasteiger charge is -2.39. The van der Waals surface area contributed by atoms with E-state index in [2.05, 4.69) is 24.8 Å². The van der Waals surface area contributed by atoms with Crippen LogP contribution in [-0.4, -0.2) is 55.3 Å². The van der Waals surface area contributed by atoms with Gasteiger partial charge in [-0.15, -0.1) is 0 Å². The topological polar surface area (TPSA) is 78.0 Å². The van der Waals surface area contributed by atoms with Gasteiger partial charge in [-0.1, -0.05) is 0 Å². The van der Waals surface area contributed by atoms with Crippen molar-refractivity contribution in [1.82, 2.24) is 29.7 Å². The van der Waals surface area contributed by atoms with E-state index in [1.54, 1.807) is 24.9 Å². The Hall–Kier alpha value is -2.28. The van der Waals surface area contributed by atoms with Crippen molar-refractivity contribution in [2.24, 2.45) is 0 Å². The number of rotatable bonds is 4. The zero-order chi connectivity index (χ0) is 17.3. The summed E-state index contributed by atoms with van der Waals surface area (Å²) in [6.45, 7) is 5.21. The number of hydrogen-bond donors (Lipinski definition) is 1. The van der Waals surface area contributed by atoms with E-state index in [0.29, 0.717) is 6.54 Å². The molecule has 0 aromatic carbocycles. The van der Waals surface area contributed by atoms with Crippen LogP contribution in [0.25, 0.3) is 0 Å². The maximum Gasteiger partial charge on any atom is 0.249 e. The lowest BCUT2D eigenvalue weighted by Crippen LogP contribution is -2.54. The second kappa shape index (κ2) is 6.55. The van der Waals surface area contributed by atoms with E-state index < -0.39 is 5.54 Å². The van der Waals surface area contributed by atoms with Gasteiger partial charge >= 0.3 is 0 Å². The number of H-pyrrole nitrogens is 1. The lowest BCUT2D eigenvalue weighted by atomic mass is 9.90. The summed E-state index contributed by atoms with van der Waals surface area (Å²) in [6, 6.07) is 0. The first kappa shape index (κ1) is 16.2. The summed E-state index contributed by atoms with van der Waals surface area (Å²) in [5, 5.41) is 0. The molecular formula is C18H24N6O. The van der Waals surface area contributed by atoms with Gasteiger partial charge in [0.2, 0.25) is 5.91 Å². The Labute approximate surface area is 147 Å². The van der Waals surface area contributed by atoms with Crippen LogP contribution in [0.4, 0.5) is 0 Å². The molecule has 7 nitrogen and oxygen atoms in total. The summed E-state index contributed by atoms with van der Waals surface area (Å²) < 4.78 is 0. The Bertz CT molecular complexity index is 739. The molecule has 1 N–H and O–H groups in total. The molecule has 7 heteroatoms. The van der Waals surface area contributed by atoms with Crippen LogP contribution in [0.2, 0.25) is 0 Å². The Balaban J connectivity index is 1.74. The summed E-state index contributed by atoms with van der Waals surface area (Å²) >= 11 is 0. The molecular weight excluding hydrogens is 316 g/mol. The highest BCUT2D eigenvalue weighted by Gasteiger charge is 2.52. The highest BCUT2D eigenvalue weighted by Crippen LogP contribution is 2.41. The van der Waals surface area contributed by atoms with Crippen molar-refractivity contribution in [3.8, 4) is 0 Å². The van der Waals surface area contributed by atoms with E-state index in [-0.39, 0.29) is 5.91 Å². The molecule has 0 spiro atoms. The van der Waals surface area contributed by atoms with Crippen molar-refractivity contribution in [3.63, 3.8) is 0 Å². The molecule has 2 aromatic heterocycles. The van der Waals surface area contributed by atoms with Crippen molar-refractivity contribution < 1.29 is 4.79 Å². The first-order valence-corrected chi connectivity index (χ1v) is 9.01. The fourth-order valence-electron chi connectivity index (χ4n) is 4.15. The largest absolute Gasteiger partial charge is 0.348 e. The Morgan fingerprint density at radius 1 is 1.20 bits per heavy atom. The number of carbonyl (C=O) groups is 1. The molecule has 25 heavy (non-hydrogen) atoms. The van der Waals surface area contributed by atoms with Gasteiger partial charge in [-0.2, -0.15) is 0 Å². The molecule has 0 bridgehead atoms. The Morgan fingerprint density at radius 3 is 2.72 bits per heavy atom. The van der Waals surface area contributed by atoms with E-state index in [0.717, 1.165) is 62.4 Å². The number of aromatic nitrogens is 4. The summed E-state index contributed by atoms with van der Waals surface area (Å²) in [6.07, 6.45) is 10.7. The fraction of sp³-hybridized carbons (Fsp3) is 0.556. The van der Waals surface area contributed by atoms with Crippen LogP contribution in [0.1, 0.15) is 42.8 Å². The first-order valence-electron chi connectivity index (χ1n) is 9.01. The molecule has 0 radical (unpaired) electrons. The number of nitrogens with one attached hydrogen (secondary N) is 1. The number of aromatic amines is 1. The van der Waals surface area contributed by atoms with Crippen LogP contribution in [0.3, 0.4) is 0 Å². The quantitative estimate of drug-likeness (QED) is 0.915. The number of likely N-dealkylation sites (tertiary alicyclic amines) is 2. The maximum atomic E-state index is 13.6. The lowest BCUT2D eigenvalue weighted by molar-refractivity contribution is -0.143. The minimum atomic E-state index is -0.718. The van der Waals surface area contributed by atoms with Gasteiger partial charge in [0.05, 0.1) is 23.9 Å². The van der Waals surface area contributed by atoms with Crippen molar-refractivity contribution in [2.75, 3.05) is 19.6 Å².